The van der Waals surface area contributed by atoms with Gasteiger partial charge in [-0.05, 0) is 23.8 Å². The Bertz CT molecular complexity index is 1520. The summed E-state index contributed by atoms with van der Waals surface area (Å²) in [5, 5.41) is 11.3. The minimum absolute atomic E-state index is 0.0517. The van der Waals surface area contributed by atoms with E-state index in [1.165, 1.54) is 6.07 Å². The molecular weight excluding hydrogens is 480 g/mol. The number of carbonyl (C=O) groups excluding carboxylic acids is 1. The molecule has 4 rings (SSSR count). The zero-order valence-corrected chi connectivity index (χ0v) is 19.2. The minimum Gasteiger partial charge on any atom is -0.486 e. The highest BCUT2D eigenvalue weighted by Crippen LogP contribution is 2.38. The maximum Gasteiger partial charge on any atom is 0.265 e. The Morgan fingerprint density at radius 1 is 1.05 bits per heavy atom. The zero-order valence-electron chi connectivity index (χ0n) is 19.2. The van der Waals surface area contributed by atoms with Crippen molar-refractivity contribution in [1.82, 2.24) is 9.97 Å². The lowest BCUT2D eigenvalue weighted by Gasteiger charge is -2.14. The topological polar surface area (TPSA) is 123 Å². The van der Waals surface area contributed by atoms with E-state index in [1.807, 2.05) is 18.2 Å². The molecule has 0 aliphatic carbocycles. The second-order valence-corrected chi connectivity index (χ2v) is 7.65. The molecule has 3 N–H and O–H groups in total. The minimum atomic E-state index is -0.827. The summed E-state index contributed by atoms with van der Waals surface area (Å²) in [7, 11) is 0. The second kappa shape index (κ2) is 11.0. The number of nitrogen functional groups attached to an aromatic ring is 1. The van der Waals surface area contributed by atoms with Crippen LogP contribution in [0.5, 0.6) is 17.4 Å². The highest BCUT2D eigenvalue weighted by atomic mass is 19.1. The number of hydrogen-bond acceptors (Lipinski definition) is 7. The van der Waals surface area contributed by atoms with Gasteiger partial charge in [-0.2, -0.15) is 5.26 Å². The molecule has 37 heavy (non-hydrogen) atoms. The van der Waals surface area contributed by atoms with Crippen LogP contribution in [0.15, 0.2) is 85.2 Å². The Hall–Kier alpha value is -5.30. The van der Waals surface area contributed by atoms with Gasteiger partial charge < -0.3 is 20.5 Å². The summed E-state index contributed by atoms with van der Waals surface area (Å²) in [6, 6.07) is 18.7. The third-order valence-corrected chi connectivity index (χ3v) is 5.09. The first-order chi connectivity index (χ1) is 17.9. The summed E-state index contributed by atoms with van der Waals surface area (Å²) in [5.74, 6) is -2.69. The number of hydrogen-bond donors (Lipinski definition) is 2. The molecule has 0 spiro atoms. The van der Waals surface area contributed by atoms with E-state index in [2.05, 4.69) is 21.9 Å². The SMILES string of the molecule is C=C(C#N)C(=O)Nc1cccc(Oc2ncnc(N)c2-c2cc(F)c(OCc3ccccc3)cc2F)c1. The van der Waals surface area contributed by atoms with Crippen LogP contribution in [-0.4, -0.2) is 15.9 Å². The monoisotopic (exact) mass is 499 g/mol. The fourth-order valence-electron chi connectivity index (χ4n) is 3.29. The number of nitrogens with zero attached hydrogens (tertiary/aromatic N) is 3. The third-order valence-electron chi connectivity index (χ3n) is 5.09. The molecule has 0 saturated carbocycles. The van der Waals surface area contributed by atoms with Crippen molar-refractivity contribution in [3.05, 3.63) is 102 Å². The van der Waals surface area contributed by atoms with Crippen molar-refractivity contribution in [2.75, 3.05) is 11.1 Å². The van der Waals surface area contributed by atoms with Crippen molar-refractivity contribution >= 4 is 17.4 Å². The smallest absolute Gasteiger partial charge is 0.265 e. The van der Waals surface area contributed by atoms with Gasteiger partial charge in [0.15, 0.2) is 11.6 Å². The largest absolute Gasteiger partial charge is 0.486 e. The van der Waals surface area contributed by atoms with Crippen LogP contribution < -0.4 is 20.5 Å². The van der Waals surface area contributed by atoms with Crippen LogP contribution in [0.4, 0.5) is 20.3 Å². The first-order valence-electron chi connectivity index (χ1n) is 10.8. The number of aromatic nitrogens is 2. The Balaban J connectivity index is 1.61. The molecule has 3 aromatic carbocycles. The Morgan fingerprint density at radius 3 is 2.59 bits per heavy atom. The standard InChI is InChI=1S/C27H19F2N5O3/c1-16(13-30)26(35)34-18-8-5-9-19(10-18)37-27-24(25(31)32-15-33-27)20-11-22(29)23(12-21(20)28)36-14-17-6-3-2-4-7-17/h2-12,15H,1,14H2,(H,34,35)(H2,31,32,33). The highest BCUT2D eigenvalue weighted by Gasteiger charge is 2.21. The van der Waals surface area contributed by atoms with Crippen LogP contribution in [-0.2, 0) is 11.4 Å². The predicted octanol–water partition coefficient (Wildman–Crippen LogP) is 5.39. The molecule has 0 unspecified atom stereocenters. The van der Waals surface area contributed by atoms with Gasteiger partial charge in [-0.1, -0.05) is 43.0 Å². The molecular formula is C27H19F2N5O3. The Labute approximate surface area is 210 Å². The Morgan fingerprint density at radius 2 is 1.84 bits per heavy atom. The number of halogens is 2. The molecule has 0 aliphatic rings. The van der Waals surface area contributed by atoms with Crippen LogP contribution >= 0.6 is 0 Å². The molecule has 10 heteroatoms. The van der Waals surface area contributed by atoms with Crippen molar-refractivity contribution in [3.63, 3.8) is 0 Å². The summed E-state index contributed by atoms with van der Waals surface area (Å²) in [6.45, 7) is 3.40. The molecule has 8 nitrogen and oxygen atoms in total. The number of anilines is 2. The fourth-order valence-corrected chi connectivity index (χ4v) is 3.29. The molecule has 0 bridgehead atoms. The van der Waals surface area contributed by atoms with Crippen LogP contribution in [0.2, 0.25) is 0 Å². The van der Waals surface area contributed by atoms with Gasteiger partial charge in [0.2, 0.25) is 5.88 Å². The van der Waals surface area contributed by atoms with Gasteiger partial charge >= 0.3 is 0 Å². The van der Waals surface area contributed by atoms with E-state index in [0.717, 1.165) is 24.0 Å². The first kappa shape index (κ1) is 24.8. The second-order valence-electron chi connectivity index (χ2n) is 7.65. The van der Waals surface area contributed by atoms with Gasteiger partial charge in [-0.15, -0.1) is 0 Å². The van der Waals surface area contributed by atoms with E-state index in [9.17, 15) is 9.18 Å². The number of nitrogens with two attached hydrogens (primary N) is 1. The van der Waals surface area contributed by atoms with Crippen LogP contribution in [0.3, 0.4) is 0 Å². The van der Waals surface area contributed by atoms with Gasteiger partial charge in [0.05, 0.1) is 5.56 Å². The Kier molecular flexibility index (Phi) is 7.35. The van der Waals surface area contributed by atoms with Crippen molar-refractivity contribution in [2.45, 2.75) is 6.61 Å². The molecule has 1 aromatic heterocycles. The first-order valence-corrected chi connectivity index (χ1v) is 10.8. The summed E-state index contributed by atoms with van der Waals surface area (Å²) in [6.07, 6.45) is 1.11. The number of nitrogens with one attached hydrogen (secondary N) is 1. The summed E-state index contributed by atoms with van der Waals surface area (Å²) in [5.41, 5.74) is 6.52. The number of rotatable bonds is 8. The fraction of sp³-hybridized carbons (Fsp3) is 0.0370. The zero-order chi connectivity index (χ0) is 26.4. The lowest BCUT2D eigenvalue weighted by molar-refractivity contribution is -0.112. The average molecular weight is 499 g/mol. The van der Waals surface area contributed by atoms with Crippen molar-refractivity contribution < 1.29 is 23.0 Å². The molecule has 1 heterocycles. The van der Waals surface area contributed by atoms with Gasteiger partial charge in [-0.25, -0.2) is 18.7 Å². The lowest BCUT2D eigenvalue weighted by Crippen LogP contribution is -2.12. The van der Waals surface area contributed by atoms with E-state index in [0.29, 0.717) is 5.69 Å². The molecule has 0 aliphatic heterocycles. The lowest BCUT2D eigenvalue weighted by atomic mass is 10.1. The molecule has 0 atom stereocenters. The maximum atomic E-state index is 15.2. The van der Waals surface area contributed by atoms with Crippen molar-refractivity contribution in [1.29, 1.82) is 5.26 Å². The van der Waals surface area contributed by atoms with E-state index in [1.54, 1.807) is 36.4 Å². The van der Waals surface area contributed by atoms with E-state index >= 15 is 4.39 Å². The van der Waals surface area contributed by atoms with E-state index in [4.69, 9.17) is 20.5 Å². The normalized spacial score (nSPS) is 10.3. The highest BCUT2D eigenvalue weighted by molar-refractivity contribution is 6.06. The third kappa shape index (κ3) is 5.86. The molecule has 0 radical (unpaired) electrons. The molecule has 0 fully saturated rings. The quantitative estimate of drug-likeness (QED) is 0.246. The van der Waals surface area contributed by atoms with Crippen LogP contribution in [0.1, 0.15) is 5.56 Å². The number of ether oxygens (including phenoxy) is 2. The van der Waals surface area contributed by atoms with E-state index in [-0.39, 0.29) is 46.5 Å². The number of amides is 1. The molecule has 184 valence electrons. The molecule has 4 aromatic rings. The van der Waals surface area contributed by atoms with Gasteiger partial charge in [-0.3, -0.25) is 4.79 Å². The predicted molar refractivity (Wildman–Crippen MR) is 132 cm³/mol. The van der Waals surface area contributed by atoms with Crippen LogP contribution in [0, 0.1) is 23.0 Å². The molecule has 0 saturated heterocycles. The van der Waals surface area contributed by atoms with Crippen molar-refractivity contribution in [3.8, 4) is 34.6 Å². The number of nitriles is 1. The average Bonchev–Trinajstić information content (AvgIpc) is 2.89. The molecule has 1 amide bonds. The maximum absolute atomic E-state index is 15.2. The summed E-state index contributed by atoms with van der Waals surface area (Å²) in [4.78, 5) is 19.8. The van der Waals surface area contributed by atoms with Gasteiger partial charge in [0.1, 0.15) is 42.0 Å². The van der Waals surface area contributed by atoms with Gasteiger partial charge in [0, 0.05) is 23.4 Å². The van der Waals surface area contributed by atoms with Gasteiger partial charge in [0.25, 0.3) is 5.91 Å². The number of benzene rings is 3. The van der Waals surface area contributed by atoms with Crippen LogP contribution in [0.25, 0.3) is 11.1 Å². The number of carbonyl (C=O) groups is 1. The van der Waals surface area contributed by atoms with E-state index < -0.39 is 17.5 Å². The summed E-state index contributed by atoms with van der Waals surface area (Å²) < 4.78 is 41.3. The summed E-state index contributed by atoms with van der Waals surface area (Å²) >= 11 is 0. The van der Waals surface area contributed by atoms with Crippen molar-refractivity contribution in [2.24, 2.45) is 0 Å².